The molecule has 0 fully saturated rings. The average Bonchev–Trinajstić information content (AvgIpc) is 2.64. The highest BCUT2D eigenvalue weighted by Crippen LogP contribution is 2.19. The Kier molecular flexibility index (Phi) is 3.26. The van der Waals surface area contributed by atoms with Crippen molar-refractivity contribution in [3.8, 4) is 5.75 Å². The smallest absolute Gasteiger partial charge is 0.308 e. The van der Waals surface area contributed by atoms with Crippen molar-refractivity contribution in [3.63, 3.8) is 0 Å². The molecule has 0 unspecified atom stereocenters. The van der Waals surface area contributed by atoms with Crippen molar-refractivity contribution in [2.24, 2.45) is 0 Å². The van der Waals surface area contributed by atoms with E-state index >= 15 is 0 Å². The van der Waals surface area contributed by atoms with Crippen molar-refractivity contribution in [2.75, 3.05) is 0 Å². The lowest BCUT2D eigenvalue weighted by Gasteiger charge is -2.10. The van der Waals surface area contributed by atoms with Crippen LogP contribution in [0.15, 0.2) is 23.0 Å². The van der Waals surface area contributed by atoms with Gasteiger partial charge in [-0.05, 0) is 31.0 Å². The minimum absolute atomic E-state index is 0.0408. The monoisotopic (exact) mass is 272 g/mol. The van der Waals surface area contributed by atoms with Gasteiger partial charge < -0.3 is 4.74 Å². The van der Waals surface area contributed by atoms with Gasteiger partial charge in [0.25, 0.3) is 5.56 Å². The Hall–Kier alpha value is -2.17. The topological polar surface area (TPSA) is 61.2 Å². The third-order valence-corrected chi connectivity index (χ3v) is 3.55. The van der Waals surface area contributed by atoms with E-state index in [4.69, 9.17) is 4.74 Å². The summed E-state index contributed by atoms with van der Waals surface area (Å²) in [7, 11) is 0. The molecule has 0 amide bonds. The first kappa shape index (κ1) is 12.8. The van der Waals surface area contributed by atoms with Gasteiger partial charge in [0.2, 0.25) is 0 Å². The number of rotatable bonds is 1. The first-order valence-corrected chi connectivity index (χ1v) is 6.87. The minimum Gasteiger partial charge on any atom is -0.427 e. The third kappa shape index (κ3) is 2.31. The molecule has 0 saturated heterocycles. The van der Waals surface area contributed by atoms with E-state index in [2.05, 4.69) is 4.98 Å². The number of carbonyl (C=O) groups excluding carboxylic acids is 1. The van der Waals surface area contributed by atoms with Gasteiger partial charge in [0.05, 0.1) is 10.9 Å². The van der Waals surface area contributed by atoms with Crippen molar-refractivity contribution >= 4 is 16.9 Å². The van der Waals surface area contributed by atoms with Crippen LogP contribution in [-0.4, -0.2) is 15.5 Å². The molecular weight excluding hydrogens is 256 g/mol. The van der Waals surface area contributed by atoms with Crippen LogP contribution in [0.3, 0.4) is 0 Å². The van der Waals surface area contributed by atoms with Gasteiger partial charge >= 0.3 is 5.97 Å². The SMILES string of the molecule is CC(=O)Oc1ccc2nc3n(c(=O)c2c1)CCCCC3. The first-order chi connectivity index (χ1) is 9.65. The lowest BCUT2D eigenvalue weighted by atomic mass is 10.2. The average molecular weight is 272 g/mol. The number of benzene rings is 1. The zero-order valence-corrected chi connectivity index (χ0v) is 11.4. The van der Waals surface area contributed by atoms with Crippen LogP contribution < -0.4 is 10.3 Å². The fourth-order valence-electron chi connectivity index (χ4n) is 2.63. The van der Waals surface area contributed by atoms with E-state index in [9.17, 15) is 9.59 Å². The fraction of sp³-hybridized carbons (Fsp3) is 0.400. The molecule has 1 aromatic heterocycles. The lowest BCUT2D eigenvalue weighted by molar-refractivity contribution is -0.131. The largest absolute Gasteiger partial charge is 0.427 e. The molecule has 104 valence electrons. The summed E-state index contributed by atoms with van der Waals surface area (Å²) in [5, 5.41) is 0.509. The van der Waals surface area contributed by atoms with Crippen molar-refractivity contribution in [3.05, 3.63) is 34.4 Å². The maximum atomic E-state index is 12.5. The normalized spacial score (nSPS) is 14.7. The van der Waals surface area contributed by atoms with Crippen molar-refractivity contribution in [1.29, 1.82) is 0 Å². The van der Waals surface area contributed by atoms with Crippen molar-refractivity contribution < 1.29 is 9.53 Å². The number of carbonyl (C=O) groups is 1. The molecule has 20 heavy (non-hydrogen) atoms. The number of hydrogen-bond donors (Lipinski definition) is 0. The zero-order valence-electron chi connectivity index (χ0n) is 11.4. The summed E-state index contributed by atoms with van der Waals surface area (Å²) in [4.78, 5) is 28.1. The molecule has 0 N–H and O–H groups in total. The molecule has 0 atom stereocenters. The summed E-state index contributed by atoms with van der Waals surface area (Å²) in [6, 6.07) is 5.01. The number of ether oxygens (including phenoxy) is 1. The van der Waals surface area contributed by atoms with Gasteiger partial charge in [0, 0.05) is 19.9 Å². The van der Waals surface area contributed by atoms with Gasteiger partial charge in [-0.15, -0.1) is 0 Å². The number of fused-ring (bicyclic) bond motifs is 2. The van der Waals surface area contributed by atoms with Crippen LogP contribution in [0.2, 0.25) is 0 Å². The molecule has 5 nitrogen and oxygen atoms in total. The van der Waals surface area contributed by atoms with Crippen LogP contribution in [0.5, 0.6) is 5.75 Å². The Morgan fingerprint density at radius 2 is 2.15 bits per heavy atom. The highest BCUT2D eigenvalue weighted by atomic mass is 16.5. The Balaban J connectivity index is 2.17. The van der Waals surface area contributed by atoms with Crippen LogP contribution in [0, 0.1) is 0 Å². The van der Waals surface area contributed by atoms with Gasteiger partial charge in [-0.2, -0.15) is 0 Å². The standard InChI is InChI=1S/C15H16N2O3/c1-10(18)20-11-6-7-13-12(9-11)15(19)17-8-4-2-3-5-14(17)16-13/h6-7,9H,2-5,8H2,1H3. The molecule has 1 aromatic carbocycles. The highest BCUT2D eigenvalue weighted by Gasteiger charge is 2.14. The van der Waals surface area contributed by atoms with Gasteiger partial charge in [-0.25, -0.2) is 4.98 Å². The van der Waals surface area contributed by atoms with E-state index in [1.807, 2.05) is 0 Å². The van der Waals surface area contributed by atoms with Gasteiger partial charge in [0.15, 0.2) is 0 Å². The second-order valence-electron chi connectivity index (χ2n) is 5.07. The third-order valence-electron chi connectivity index (χ3n) is 3.55. The summed E-state index contributed by atoms with van der Waals surface area (Å²) in [5.74, 6) is 0.852. The molecule has 2 aromatic rings. The van der Waals surface area contributed by atoms with E-state index < -0.39 is 5.97 Å². The number of aryl methyl sites for hydroxylation is 1. The molecule has 5 heteroatoms. The maximum Gasteiger partial charge on any atom is 0.308 e. The Morgan fingerprint density at radius 3 is 2.95 bits per heavy atom. The summed E-state index contributed by atoms with van der Waals surface area (Å²) in [5.41, 5.74) is 0.625. The van der Waals surface area contributed by atoms with Crippen molar-refractivity contribution in [1.82, 2.24) is 9.55 Å². The Morgan fingerprint density at radius 1 is 1.30 bits per heavy atom. The fourth-order valence-corrected chi connectivity index (χ4v) is 2.63. The number of nitrogens with zero attached hydrogens (tertiary/aromatic N) is 2. The number of hydrogen-bond acceptors (Lipinski definition) is 4. The molecule has 2 heterocycles. The first-order valence-electron chi connectivity index (χ1n) is 6.87. The molecule has 1 aliphatic heterocycles. The van der Waals surface area contributed by atoms with E-state index in [0.29, 0.717) is 16.7 Å². The van der Waals surface area contributed by atoms with E-state index in [-0.39, 0.29) is 5.56 Å². The molecular formula is C15H16N2O3. The molecule has 0 radical (unpaired) electrons. The van der Waals surface area contributed by atoms with Gasteiger partial charge in [-0.1, -0.05) is 6.42 Å². The lowest BCUT2D eigenvalue weighted by Crippen LogP contribution is -2.24. The number of aromatic nitrogens is 2. The van der Waals surface area contributed by atoms with E-state index in [1.165, 1.54) is 6.92 Å². The minimum atomic E-state index is -0.396. The molecule has 1 aliphatic rings. The second-order valence-corrected chi connectivity index (χ2v) is 5.07. The van der Waals surface area contributed by atoms with E-state index in [0.717, 1.165) is 38.1 Å². The molecule has 0 saturated carbocycles. The van der Waals surface area contributed by atoms with Crippen LogP contribution in [0.1, 0.15) is 32.0 Å². The predicted molar refractivity (Wildman–Crippen MR) is 74.9 cm³/mol. The van der Waals surface area contributed by atoms with Crippen LogP contribution in [0.25, 0.3) is 10.9 Å². The van der Waals surface area contributed by atoms with E-state index in [1.54, 1.807) is 22.8 Å². The van der Waals surface area contributed by atoms with Crippen LogP contribution in [0.4, 0.5) is 0 Å². The highest BCUT2D eigenvalue weighted by molar-refractivity contribution is 5.80. The van der Waals surface area contributed by atoms with Gasteiger partial charge in [-0.3, -0.25) is 14.2 Å². The van der Waals surface area contributed by atoms with Crippen LogP contribution in [-0.2, 0) is 17.8 Å². The summed E-state index contributed by atoms with van der Waals surface area (Å²) >= 11 is 0. The Bertz CT molecular complexity index is 734. The zero-order chi connectivity index (χ0) is 14.1. The quantitative estimate of drug-likeness (QED) is 0.589. The maximum absolute atomic E-state index is 12.5. The summed E-state index contributed by atoms with van der Waals surface area (Å²) in [6.07, 6.45) is 4.04. The van der Waals surface area contributed by atoms with Gasteiger partial charge in [0.1, 0.15) is 11.6 Å². The second kappa shape index (κ2) is 5.07. The summed E-state index contributed by atoms with van der Waals surface area (Å²) in [6.45, 7) is 2.06. The van der Waals surface area contributed by atoms with Crippen molar-refractivity contribution in [2.45, 2.75) is 39.2 Å². The predicted octanol–water partition coefficient (Wildman–Crippen LogP) is 2.05. The Labute approximate surface area is 116 Å². The van der Waals surface area contributed by atoms with Crippen LogP contribution >= 0.6 is 0 Å². The molecule has 0 bridgehead atoms. The molecule has 0 aliphatic carbocycles. The summed E-state index contributed by atoms with van der Waals surface area (Å²) < 4.78 is 6.79. The number of esters is 1. The molecule has 3 rings (SSSR count). The molecule has 0 spiro atoms.